The molecular weight excluding hydrogens is 349 g/mol. The van der Waals surface area contributed by atoms with Gasteiger partial charge in [-0.1, -0.05) is 6.07 Å². The van der Waals surface area contributed by atoms with E-state index in [4.69, 9.17) is 5.26 Å². The lowest BCUT2D eigenvalue weighted by molar-refractivity contribution is 0.593. The molecule has 0 bridgehead atoms. The summed E-state index contributed by atoms with van der Waals surface area (Å²) in [5, 5.41) is 8.88. The summed E-state index contributed by atoms with van der Waals surface area (Å²) < 4.78 is 40.4. The van der Waals surface area contributed by atoms with Crippen LogP contribution in [-0.2, 0) is 10.0 Å². The summed E-state index contributed by atoms with van der Waals surface area (Å²) in [5.41, 5.74) is -0.333. The Labute approximate surface area is 123 Å². The summed E-state index contributed by atoms with van der Waals surface area (Å²) in [6, 6.07) is 7.99. The number of anilines is 1. The first kappa shape index (κ1) is 14.4. The molecule has 0 unspecified atom stereocenters. The summed E-state index contributed by atoms with van der Waals surface area (Å²) in [6.45, 7) is 0. The Bertz CT molecular complexity index is 803. The van der Waals surface area contributed by atoms with Crippen LogP contribution in [0.3, 0.4) is 0 Å². The summed E-state index contributed by atoms with van der Waals surface area (Å²) in [6.07, 6.45) is 1.48. The highest BCUT2D eigenvalue weighted by Crippen LogP contribution is 2.24. The second-order valence-corrected chi connectivity index (χ2v) is 6.07. The third-order valence-electron chi connectivity index (χ3n) is 2.38. The fourth-order valence-electron chi connectivity index (χ4n) is 1.50. The molecule has 1 heterocycles. The van der Waals surface area contributed by atoms with E-state index in [2.05, 4.69) is 25.6 Å². The fourth-order valence-corrected chi connectivity index (χ4v) is 3.21. The third kappa shape index (κ3) is 2.79. The van der Waals surface area contributed by atoms with Crippen molar-refractivity contribution in [3.8, 4) is 6.07 Å². The maximum absolute atomic E-state index is 13.5. The predicted octanol–water partition coefficient (Wildman–Crippen LogP) is 2.66. The molecule has 0 atom stereocenters. The monoisotopic (exact) mass is 355 g/mol. The Balaban J connectivity index is 2.50. The van der Waals surface area contributed by atoms with E-state index in [-0.39, 0.29) is 5.69 Å². The molecule has 102 valence electrons. The lowest BCUT2D eigenvalue weighted by Gasteiger charge is -2.10. The first-order chi connectivity index (χ1) is 9.45. The highest BCUT2D eigenvalue weighted by atomic mass is 79.9. The Morgan fingerprint density at radius 3 is 2.70 bits per heavy atom. The van der Waals surface area contributed by atoms with E-state index < -0.39 is 26.3 Å². The van der Waals surface area contributed by atoms with Crippen molar-refractivity contribution in [3.63, 3.8) is 0 Å². The Hall–Kier alpha value is -1.98. The van der Waals surface area contributed by atoms with E-state index in [1.54, 1.807) is 12.1 Å². The third-order valence-corrected chi connectivity index (χ3v) is 4.42. The topological polar surface area (TPSA) is 82.8 Å². The first-order valence-corrected chi connectivity index (χ1v) is 7.55. The summed E-state index contributed by atoms with van der Waals surface area (Å²) in [5.74, 6) is -0.888. The minimum absolute atomic E-state index is 0.195. The minimum atomic E-state index is -4.08. The maximum Gasteiger partial charge on any atom is 0.263 e. The van der Waals surface area contributed by atoms with Gasteiger partial charge in [-0.3, -0.25) is 4.72 Å². The molecule has 5 nitrogen and oxygen atoms in total. The van der Waals surface area contributed by atoms with Gasteiger partial charge in [0, 0.05) is 6.20 Å². The van der Waals surface area contributed by atoms with Crippen LogP contribution in [0.25, 0.3) is 0 Å². The summed E-state index contributed by atoms with van der Waals surface area (Å²) in [7, 11) is -4.08. The van der Waals surface area contributed by atoms with Crippen LogP contribution in [0.2, 0.25) is 0 Å². The molecule has 0 aliphatic rings. The van der Waals surface area contributed by atoms with Gasteiger partial charge in [-0.05, 0) is 40.2 Å². The highest BCUT2D eigenvalue weighted by Gasteiger charge is 2.22. The molecule has 0 amide bonds. The second kappa shape index (κ2) is 5.56. The van der Waals surface area contributed by atoms with Gasteiger partial charge in [0.25, 0.3) is 10.0 Å². The number of halogens is 2. The summed E-state index contributed by atoms with van der Waals surface area (Å²) in [4.78, 5) is 3.45. The van der Waals surface area contributed by atoms with Crippen molar-refractivity contribution in [2.45, 2.75) is 4.90 Å². The van der Waals surface area contributed by atoms with Crippen LogP contribution in [0.5, 0.6) is 0 Å². The standard InChI is InChI=1S/C12H7BrFN3O2S/c13-12-10(4-2-6-16-12)17-20(18,19)11-5-1-3-9(14)8(11)7-15/h1-6,17H. The zero-order valence-corrected chi connectivity index (χ0v) is 12.2. The van der Waals surface area contributed by atoms with Crippen LogP contribution in [0.4, 0.5) is 10.1 Å². The van der Waals surface area contributed by atoms with Crippen molar-refractivity contribution in [1.82, 2.24) is 4.98 Å². The van der Waals surface area contributed by atoms with E-state index in [0.29, 0.717) is 4.60 Å². The molecule has 1 aromatic carbocycles. The van der Waals surface area contributed by atoms with Crippen molar-refractivity contribution in [2.75, 3.05) is 4.72 Å². The SMILES string of the molecule is N#Cc1c(F)cccc1S(=O)(=O)Nc1cccnc1Br. The van der Waals surface area contributed by atoms with Crippen molar-refractivity contribution in [2.24, 2.45) is 0 Å². The van der Waals surface area contributed by atoms with E-state index in [1.807, 2.05) is 0 Å². The molecule has 0 saturated carbocycles. The molecule has 0 fully saturated rings. The van der Waals surface area contributed by atoms with Gasteiger partial charge in [-0.15, -0.1) is 0 Å². The molecule has 1 aromatic heterocycles. The molecule has 1 N–H and O–H groups in total. The number of nitrogens with one attached hydrogen (secondary N) is 1. The number of aromatic nitrogens is 1. The Morgan fingerprint density at radius 2 is 2.05 bits per heavy atom. The molecule has 0 spiro atoms. The first-order valence-electron chi connectivity index (χ1n) is 5.27. The van der Waals surface area contributed by atoms with Crippen molar-refractivity contribution in [3.05, 3.63) is 52.5 Å². The normalized spacial score (nSPS) is 10.8. The average molecular weight is 356 g/mol. The largest absolute Gasteiger partial charge is 0.277 e. The zero-order chi connectivity index (χ0) is 14.8. The van der Waals surface area contributed by atoms with E-state index in [0.717, 1.165) is 12.1 Å². The van der Waals surface area contributed by atoms with Crippen LogP contribution in [0.1, 0.15) is 5.56 Å². The van der Waals surface area contributed by atoms with Crippen LogP contribution < -0.4 is 4.72 Å². The lowest BCUT2D eigenvalue weighted by Crippen LogP contribution is -2.15. The van der Waals surface area contributed by atoms with Gasteiger partial charge in [0.05, 0.1) is 5.69 Å². The maximum atomic E-state index is 13.5. The van der Waals surface area contributed by atoms with Gasteiger partial charge in [0.15, 0.2) is 0 Å². The van der Waals surface area contributed by atoms with Crippen molar-refractivity contribution < 1.29 is 12.8 Å². The number of pyridine rings is 1. The van der Waals surface area contributed by atoms with Gasteiger partial charge >= 0.3 is 0 Å². The van der Waals surface area contributed by atoms with Crippen LogP contribution in [0, 0.1) is 17.1 Å². The lowest BCUT2D eigenvalue weighted by atomic mass is 10.2. The molecule has 0 aliphatic heterocycles. The Kier molecular flexibility index (Phi) is 4.01. The van der Waals surface area contributed by atoms with Gasteiger partial charge in [0.2, 0.25) is 0 Å². The predicted molar refractivity (Wildman–Crippen MR) is 73.9 cm³/mol. The van der Waals surface area contributed by atoms with Crippen molar-refractivity contribution >= 4 is 31.6 Å². The van der Waals surface area contributed by atoms with Gasteiger partial charge in [-0.2, -0.15) is 5.26 Å². The number of hydrogen-bond acceptors (Lipinski definition) is 4. The average Bonchev–Trinajstić information content (AvgIpc) is 2.41. The second-order valence-electron chi connectivity index (χ2n) is 3.67. The van der Waals surface area contributed by atoms with Crippen LogP contribution >= 0.6 is 15.9 Å². The van der Waals surface area contributed by atoms with Crippen LogP contribution in [-0.4, -0.2) is 13.4 Å². The van der Waals surface area contributed by atoms with Gasteiger partial charge < -0.3 is 0 Å². The number of benzene rings is 1. The molecule has 0 aliphatic carbocycles. The van der Waals surface area contributed by atoms with E-state index >= 15 is 0 Å². The molecular formula is C12H7BrFN3O2S. The van der Waals surface area contributed by atoms with E-state index in [1.165, 1.54) is 18.3 Å². The zero-order valence-electron chi connectivity index (χ0n) is 9.84. The molecule has 0 radical (unpaired) electrons. The number of hydrogen-bond donors (Lipinski definition) is 1. The number of nitrogens with zero attached hydrogens (tertiary/aromatic N) is 2. The van der Waals surface area contributed by atoms with E-state index in [9.17, 15) is 12.8 Å². The van der Waals surface area contributed by atoms with Crippen LogP contribution in [0.15, 0.2) is 46.0 Å². The number of nitriles is 1. The fraction of sp³-hybridized carbons (Fsp3) is 0. The van der Waals surface area contributed by atoms with Gasteiger partial charge in [-0.25, -0.2) is 17.8 Å². The molecule has 20 heavy (non-hydrogen) atoms. The molecule has 0 saturated heterocycles. The molecule has 2 rings (SSSR count). The molecule has 2 aromatic rings. The van der Waals surface area contributed by atoms with Crippen molar-refractivity contribution in [1.29, 1.82) is 5.26 Å². The number of rotatable bonds is 3. The Morgan fingerprint density at radius 1 is 1.30 bits per heavy atom. The smallest absolute Gasteiger partial charge is 0.263 e. The highest BCUT2D eigenvalue weighted by molar-refractivity contribution is 9.10. The quantitative estimate of drug-likeness (QED) is 0.858. The van der Waals surface area contributed by atoms with Gasteiger partial charge in [0.1, 0.15) is 26.9 Å². The molecule has 8 heteroatoms. The number of sulfonamides is 1. The minimum Gasteiger partial charge on any atom is -0.277 e. The summed E-state index contributed by atoms with van der Waals surface area (Å²) >= 11 is 3.09.